The Kier molecular flexibility index (Phi) is 4.43. The number of likely N-dealkylation sites (tertiary alicyclic amines) is 1. The number of hydrogen-bond donors (Lipinski definition) is 1. The summed E-state index contributed by atoms with van der Waals surface area (Å²) >= 11 is 1.60. The van der Waals surface area contributed by atoms with Gasteiger partial charge in [0.1, 0.15) is 0 Å². The highest BCUT2D eigenvalue weighted by Gasteiger charge is 2.26. The standard InChI is InChI=1S/C17H19NO3S/c19-16(20)8-7-12-4-3-9-18(10-12)17(21)14-11-22-15-6-2-1-5-13(14)15/h1-2,5-6,11-12H,3-4,7-10H2,(H,19,20). The Morgan fingerprint density at radius 1 is 1.32 bits per heavy atom. The summed E-state index contributed by atoms with van der Waals surface area (Å²) in [5.74, 6) is -0.372. The van der Waals surface area contributed by atoms with Crippen LogP contribution < -0.4 is 0 Å². The number of rotatable bonds is 4. The molecule has 3 rings (SSSR count). The average Bonchev–Trinajstić information content (AvgIpc) is 2.96. The molecule has 1 amide bonds. The number of amides is 1. The molecule has 22 heavy (non-hydrogen) atoms. The molecule has 0 radical (unpaired) electrons. The Bertz CT molecular complexity index is 694. The molecule has 5 heteroatoms. The van der Waals surface area contributed by atoms with E-state index in [0.29, 0.717) is 18.9 Å². The van der Waals surface area contributed by atoms with Crippen molar-refractivity contribution in [3.8, 4) is 0 Å². The first-order valence-corrected chi connectivity index (χ1v) is 8.50. The molecule has 4 nitrogen and oxygen atoms in total. The lowest BCUT2D eigenvalue weighted by molar-refractivity contribution is -0.137. The first-order chi connectivity index (χ1) is 10.6. The number of carbonyl (C=O) groups excluding carboxylic acids is 1. The van der Waals surface area contributed by atoms with Crippen molar-refractivity contribution >= 4 is 33.3 Å². The van der Waals surface area contributed by atoms with Gasteiger partial charge in [0.05, 0.1) is 5.56 Å². The Morgan fingerprint density at radius 3 is 2.95 bits per heavy atom. The summed E-state index contributed by atoms with van der Waals surface area (Å²) in [5.41, 5.74) is 0.777. The van der Waals surface area contributed by atoms with Gasteiger partial charge < -0.3 is 10.0 Å². The van der Waals surface area contributed by atoms with Crippen molar-refractivity contribution in [2.24, 2.45) is 5.92 Å². The number of thiophene rings is 1. The summed E-state index contributed by atoms with van der Waals surface area (Å²) in [6.45, 7) is 1.45. The number of carboxylic acids is 1. The molecule has 0 bridgehead atoms. The largest absolute Gasteiger partial charge is 0.481 e. The first-order valence-electron chi connectivity index (χ1n) is 7.62. The van der Waals surface area contributed by atoms with Crippen molar-refractivity contribution in [3.05, 3.63) is 35.2 Å². The van der Waals surface area contributed by atoms with E-state index >= 15 is 0 Å². The van der Waals surface area contributed by atoms with Gasteiger partial charge in [0, 0.05) is 35.0 Å². The van der Waals surface area contributed by atoms with E-state index in [-0.39, 0.29) is 12.3 Å². The van der Waals surface area contributed by atoms with Crippen LogP contribution in [0.4, 0.5) is 0 Å². The van der Waals surface area contributed by atoms with Crippen LogP contribution in [-0.4, -0.2) is 35.0 Å². The second-order valence-electron chi connectivity index (χ2n) is 5.84. The topological polar surface area (TPSA) is 57.6 Å². The molecule has 0 aliphatic carbocycles. The highest BCUT2D eigenvalue weighted by molar-refractivity contribution is 7.17. The van der Waals surface area contributed by atoms with Gasteiger partial charge in [0.25, 0.3) is 5.91 Å². The second-order valence-corrected chi connectivity index (χ2v) is 6.75. The average molecular weight is 317 g/mol. The minimum absolute atomic E-state index is 0.0810. The van der Waals surface area contributed by atoms with Crippen LogP contribution in [0.2, 0.25) is 0 Å². The summed E-state index contributed by atoms with van der Waals surface area (Å²) in [4.78, 5) is 25.4. The number of carbonyl (C=O) groups is 2. The van der Waals surface area contributed by atoms with Gasteiger partial charge in [-0.1, -0.05) is 18.2 Å². The minimum atomic E-state index is -0.757. The number of fused-ring (bicyclic) bond motifs is 1. The second kappa shape index (κ2) is 6.48. The third kappa shape index (κ3) is 3.14. The number of piperidine rings is 1. The van der Waals surface area contributed by atoms with Gasteiger partial charge in [-0.15, -0.1) is 11.3 Å². The van der Waals surface area contributed by atoms with Crippen molar-refractivity contribution < 1.29 is 14.7 Å². The van der Waals surface area contributed by atoms with Crippen LogP contribution in [0.1, 0.15) is 36.0 Å². The van der Waals surface area contributed by atoms with Crippen LogP contribution in [0.5, 0.6) is 0 Å². The summed E-state index contributed by atoms with van der Waals surface area (Å²) < 4.78 is 1.13. The quantitative estimate of drug-likeness (QED) is 0.937. The van der Waals surface area contributed by atoms with Crippen LogP contribution in [0.3, 0.4) is 0 Å². The molecular weight excluding hydrogens is 298 g/mol. The number of hydrogen-bond acceptors (Lipinski definition) is 3. The summed E-state index contributed by atoms with van der Waals surface area (Å²) in [5, 5.41) is 11.8. The monoisotopic (exact) mass is 317 g/mol. The van der Waals surface area contributed by atoms with Gasteiger partial charge in [-0.2, -0.15) is 0 Å². The third-order valence-corrected chi connectivity index (χ3v) is 5.25. The maximum atomic E-state index is 12.8. The predicted molar refractivity (Wildman–Crippen MR) is 87.3 cm³/mol. The minimum Gasteiger partial charge on any atom is -0.481 e. The molecule has 1 saturated heterocycles. The lowest BCUT2D eigenvalue weighted by Crippen LogP contribution is -2.40. The van der Waals surface area contributed by atoms with Gasteiger partial charge in [0.2, 0.25) is 0 Å². The molecular formula is C17H19NO3S. The van der Waals surface area contributed by atoms with Crippen LogP contribution >= 0.6 is 11.3 Å². The smallest absolute Gasteiger partial charge is 0.303 e. The molecule has 116 valence electrons. The molecule has 1 aliphatic heterocycles. The predicted octanol–water partition coefficient (Wildman–Crippen LogP) is 3.62. The molecule has 1 aliphatic rings. The number of nitrogens with zero attached hydrogens (tertiary/aromatic N) is 1. The van der Waals surface area contributed by atoms with E-state index in [2.05, 4.69) is 0 Å². The van der Waals surface area contributed by atoms with Gasteiger partial charge >= 0.3 is 5.97 Å². The molecule has 1 unspecified atom stereocenters. The van der Waals surface area contributed by atoms with Crippen molar-refractivity contribution in [2.45, 2.75) is 25.7 Å². The van der Waals surface area contributed by atoms with Gasteiger partial charge in [-0.25, -0.2) is 0 Å². The van der Waals surface area contributed by atoms with E-state index in [4.69, 9.17) is 5.11 Å². The molecule has 1 atom stereocenters. The Balaban J connectivity index is 1.73. The van der Waals surface area contributed by atoms with Crippen LogP contribution in [-0.2, 0) is 4.79 Å². The molecule has 1 fully saturated rings. The fourth-order valence-electron chi connectivity index (χ4n) is 3.13. The van der Waals surface area contributed by atoms with E-state index in [1.165, 1.54) is 0 Å². The van der Waals surface area contributed by atoms with E-state index in [1.807, 2.05) is 34.5 Å². The Morgan fingerprint density at radius 2 is 2.14 bits per heavy atom. The molecule has 0 saturated carbocycles. The van der Waals surface area contributed by atoms with Gasteiger partial charge in [-0.05, 0) is 31.2 Å². The van der Waals surface area contributed by atoms with Crippen LogP contribution in [0.25, 0.3) is 10.1 Å². The molecule has 1 aromatic carbocycles. The SMILES string of the molecule is O=C(O)CCC1CCCN(C(=O)c2csc3ccccc23)C1. The Labute approximate surface area is 133 Å². The number of aliphatic carboxylic acids is 1. The van der Waals surface area contributed by atoms with Crippen molar-refractivity contribution in [1.82, 2.24) is 4.90 Å². The van der Waals surface area contributed by atoms with E-state index in [1.54, 1.807) is 11.3 Å². The highest BCUT2D eigenvalue weighted by Crippen LogP contribution is 2.29. The normalized spacial score (nSPS) is 18.5. The molecule has 1 N–H and O–H groups in total. The number of benzene rings is 1. The van der Waals surface area contributed by atoms with E-state index < -0.39 is 5.97 Å². The third-order valence-electron chi connectivity index (χ3n) is 4.28. The van der Waals surface area contributed by atoms with E-state index in [9.17, 15) is 9.59 Å². The first kappa shape index (κ1) is 15.0. The summed E-state index contributed by atoms with van der Waals surface area (Å²) in [6.07, 6.45) is 2.82. The zero-order valence-corrected chi connectivity index (χ0v) is 13.1. The fourth-order valence-corrected chi connectivity index (χ4v) is 4.06. The fraction of sp³-hybridized carbons (Fsp3) is 0.412. The zero-order valence-electron chi connectivity index (χ0n) is 12.3. The maximum Gasteiger partial charge on any atom is 0.303 e. The molecule has 0 spiro atoms. The lowest BCUT2D eigenvalue weighted by atomic mass is 9.93. The van der Waals surface area contributed by atoms with Crippen molar-refractivity contribution in [1.29, 1.82) is 0 Å². The molecule has 2 aromatic rings. The van der Waals surface area contributed by atoms with Gasteiger partial charge in [-0.3, -0.25) is 9.59 Å². The van der Waals surface area contributed by atoms with E-state index in [0.717, 1.165) is 35.0 Å². The Hall–Kier alpha value is -1.88. The van der Waals surface area contributed by atoms with Crippen LogP contribution in [0, 0.1) is 5.92 Å². The van der Waals surface area contributed by atoms with Gasteiger partial charge in [0.15, 0.2) is 0 Å². The number of carboxylic acid groups (broad SMARTS) is 1. The van der Waals surface area contributed by atoms with Crippen molar-refractivity contribution in [3.63, 3.8) is 0 Å². The molecule has 2 heterocycles. The highest BCUT2D eigenvalue weighted by atomic mass is 32.1. The maximum absolute atomic E-state index is 12.8. The summed E-state index contributed by atoms with van der Waals surface area (Å²) in [6, 6.07) is 7.96. The lowest BCUT2D eigenvalue weighted by Gasteiger charge is -2.32. The van der Waals surface area contributed by atoms with Crippen LogP contribution in [0.15, 0.2) is 29.6 Å². The van der Waals surface area contributed by atoms with Crippen molar-refractivity contribution in [2.75, 3.05) is 13.1 Å². The zero-order chi connectivity index (χ0) is 15.5. The molecule has 1 aromatic heterocycles. The summed E-state index contributed by atoms with van der Waals surface area (Å²) in [7, 11) is 0.